The number of carbonyl (C=O) groups excluding carboxylic acids is 1. The summed E-state index contributed by atoms with van der Waals surface area (Å²) < 4.78 is 36.3. The van der Waals surface area contributed by atoms with Crippen LogP contribution in [0.15, 0.2) is 18.3 Å². The van der Waals surface area contributed by atoms with E-state index < -0.39 is 10.0 Å². The summed E-state index contributed by atoms with van der Waals surface area (Å²) >= 11 is 0. The molecule has 0 atom stereocenters. The third-order valence-corrected chi connectivity index (χ3v) is 6.47. The zero-order chi connectivity index (χ0) is 19.7. The molecule has 0 spiro atoms. The summed E-state index contributed by atoms with van der Waals surface area (Å²) in [7, 11) is -1.60. The van der Waals surface area contributed by atoms with E-state index >= 15 is 0 Å². The number of anilines is 1. The number of nitrogens with zero attached hydrogens (tertiary/aromatic N) is 2. The third-order valence-electron chi connectivity index (χ3n) is 4.52. The summed E-state index contributed by atoms with van der Waals surface area (Å²) in [4.78, 5) is 16.6. The lowest BCUT2D eigenvalue weighted by atomic mass is 9.97. The Morgan fingerprint density at radius 2 is 2.04 bits per heavy atom. The summed E-state index contributed by atoms with van der Waals surface area (Å²) in [5.41, 5.74) is 0.595. The fourth-order valence-electron chi connectivity index (χ4n) is 2.87. The van der Waals surface area contributed by atoms with Gasteiger partial charge in [0.15, 0.2) is 0 Å². The molecule has 1 fully saturated rings. The van der Waals surface area contributed by atoms with Gasteiger partial charge in [0.05, 0.1) is 24.2 Å². The summed E-state index contributed by atoms with van der Waals surface area (Å²) in [6.07, 6.45) is 4.12. The summed E-state index contributed by atoms with van der Waals surface area (Å²) in [6.45, 7) is 3.66. The van der Waals surface area contributed by atoms with Gasteiger partial charge in [0.1, 0.15) is 6.61 Å². The molecular weight excluding hydrogens is 370 g/mol. The average molecular weight is 400 g/mol. The minimum Gasteiger partial charge on any atom is -0.475 e. The molecule has 1 saturated heterocycles. The molecule has 1 aliphatic heterocycles. The van der Waals surface area contributed by atoms with Crippen molar-refractivity contribution < 1.29 is 22.7 Å². The number of aromatic nitrogens is 1. The molecule has 0 bridgehead atoms. The molecule has 0 unspecified atom stereocenters. The standard InChI is InChI=1S/C18H29N3O5S/c1-3-4-13-27(23,24)21-9-7-15(8-10-21)18(22)20-16-5-6-17(19-14-16)26-12-11-25-2/h5-6,14-15H,3-4,7-13H2,1-2H3,(H,20,22). The normalized spacial score (nSPS) is 16.2. The second-order valence-corrected chi connectivity index (χ2v) is 8.65. The molecule has 0 aliphatic carbocycles. The molecule has 1 amide bonds. The second-order valence-electron chi connectivity index (χ2n) is 6.56. The van der Waals surface area contributed by atoms with Crippen LogP contribution in [0.3, 0.4) is 0 Å². The average Bonchev–Trinajstić information content (AvgIpc) is 2.68. The zero-order valence-electron chi connectivity index (χ0n) is 16.0. The summed E-state index contributed by atoms with van der Waals surface area (Å²) in [6, 6.07) is 3.42. The largest absolute Gasteiger partial charge is 0.475 e. The minimum atomic E-state index is -3.20. The Balaban J connectivity index is 1.80. The lowest BCUT2D eigenvalue weighted by molar-refractivity contribution is -0.120. The van der Waals surface area contributed by atoms with Crippen LogP contribution in [0.25, 0.3) is 0 Å². The summed E-state index contributed by atoms with van der Waals surface area (Å²) in [5, 5.41) is 2.84. The molecule has 1 N–H and O–H groups in total. The molecule has 9 heteroatoms. The van der Waals surface area contributed by atoms with Crippen LogP contribution >= 0.6 is 0 Å². The van der Waals surface area contributed by atoms with E-state index in [0.29, 0.717) is 57.1 Å². The van der Waals surface area contributed by atoms with Crippen molar-refractivity contribution >= 4 is 21.6 Å². The van der Waals surface area contributed by atoms with Gasteiger partial charge in [0, 0.05) is 32.2 Å². The van der Waals surface area contributed by atoms with Gasteiger partial charge in [-0.15, -0.1) is 0 Å². The maximum atomic E-state index is 12.4. The van der Waals surface area contributed by atoms with Gasteiger partial charge in [-0.3, -0.25) is 4.79 Å². The van der Waals surface area contributed by atoms with Crippen LogP contribution in [0.2, 0.25) is 0 Å². The van der Waals surface area contributed by atoms with Gasteiger partial charge >= 0.3 is 0 Å². The molecule has 0 aromatic carbocycles. The molecule has 1 aromatic heterocycles. The topological polar surface area (TPSA) is 97.8 Å². The lowest BCUT2D eigenvalue weighted by Crippen LogP contribution is -2.42. The Hall–Kier alpha value is -1.71. The van der Waals surface area contributed by atoms with Crippen molar-refractivity contribution in [3.8, 4) is 5.88 Å². The van der Waals surface area contributed by atoms with Crippen LogP contribution in [-0.4, -0.2) is 62.8 Å². The molecule has 0 radical (unpaired) electrons. The van der Waals surface area contributed by atoms with E-state index in [1.54, 1.807) is 25.4 Å². The number of rotatable bonds is 10. The fraction of sp³-hybridized carbons (Fsp3) is 0.667. The number of piperidine rings is 1. The van der Waals surface area contributed by atoms with Crippen LogP contribution in [0.1, 0.15) is 32.6 Å². The number of unbranched alkanes of at least 4 members (excludes halogenated alkanes) is 1. The number of sulfonamides is 1. The SMILES string of the molecule is CCCCS(=O)(=O)N1CCC(C(=O)Nc2ccc(OCCOC)nc2)CC1. The smallest absolute Gasteiger partial charge is 0.227 e. The molecule has 2 rings (SSSR count). The number of hydrogen-bond donors (Lipinski definition) is 1. The van der Waals surface area contributed by atoms with E-state index in [-0.39, 0.29) is 17.6 Å². The van der Waals surface area contributed by atoms with Gasteiger partial charge in [-0.05, 0) is 25.3 Å². The third kappa shape index (κ3) is 6.75. The number of amides is 1. The molecule has 2 heterocycles. The minimum absolute atomic E-state index is 0.101. The Labute approximate surface area is 161 Å². The predicted octanol–water partition coefficient (Wildman–Crippen LogP) is 1.89. The van der Waals surface area contributed by atoms with E-state index in [0.717, 1.165) is 6.42 Å². The Morgan fingerprint density at radius 3 is 2.63 bits per heavy atom. The van der Waals surface area contributed by atoms with Crippen LogP contribution in [-0.2, 0) is 19.6 Å². The lowest BCUT2D eigenvalue weighted by Gasteiger charge is -2.30. The number of methoxy groups -OCH3 is 1. The van der Waals surface area contributed by atoms with Crippen LogP contribution in [0.5, 0.6) is 5.88 Å². The molecule has 27 heavy (non-hydrogen) atoms. The first kappa shape index (κ1) is 21.6. The molecule has 1 aliphatic rings. The van der Waals surface area contributed by atoms with E-state index in [1.807, 2.05) is 6.92 Å². The second kappa shape index (κ2) is 10.6. The van der Waals surface area contributed by atoms with Crippen LogP contribution in [0, 0.1) is 5.92 Å². The van der Waals surface area contributed by atoms with Crippen molar-refractivity contribution in [3.63, 3.8) is 0 Å². The number of carbonyl (C=O) groups is 1. The van der Waals surface area contributed by atoms with Gasteiger partial charge in [-0.25, -0.2) is 17.7 Å². The van der Waals surface area contributed by atoms with Crippen molar-refractivity contribution in [2.75, 3.05) is 44.5 Å². The molecule has 8 nitrogen and oxygen atoms in total. The Morgan fingerprint density at radius 1 is 1.30 bits per heavy atom. The maximum Gasteiger partial charge on any atom is 0.227 e. The fourth-order valence-corrected chi connectivity index (χ4v) is 4.54. The van der Waals surface area contributed by atoms with Crippen LogP contribution < -0.4 is 10.1 Å². The highest BCUT2D eigenvalue weighted by Crippen LogP contribution is 2.22. The predicted molar refractivity (Wildman–Crippen MR) is 103 cm³/mol. The zero-order valence-corrected chi connectivity index (χ0v) is 16.8. The van der Waals surface area contributed by atoms with Crippen molar-refractivity contribution in [1.29, 1.82) is 0 Å². The van der Waals surface area contributed by atoms with Gasteiger partial charge in [0.2, 0.25) is 21.8 Å². The van der Waals surface area contributed by atoms with Crippen molar-refractivity contribution in [1.82, 2.24) is 9.29 Å². The quantitative estimate of drug-likeness (QED) is 0.604. The van der Waals surface area contributed by atoms with Gasteiger partial charge in [0.25, 0.3) is 0 Å². The van der Waals surface area contributed by atoms with E-state index in [9.17, 15) is 13.2 Å². The highest BCUT2D eigenvalue weighted by atomic mass is 32.2. The first-order chi connectivity index (χ1) is 13.0. The first-order valence-electron chi connectivity index (χ1n) is 9.32. The number of pyridine rings is 1. The van der Waals surface area contributed by atoms with Gasteiger partial charge in [-0.2, -0.15) is 0 Å². The van der Waals surface area contributed by atoms with Crippen LogP contribution in [0.4, 0.5) is 5.69 Å². The highest BCUT2D eigenvalue weighted by molar-refractivity contribution is 7.89. The Bertz CT molecular complexity index is 685. The van der Waals surface area contributed by atoms with E-state index in [1.165, 1.54) is 4.31 Å². The number of ether oxygens (including phenoxy) is 2. The van der Waals surface area contributed by atoms with Crippen molar-refractivity contribution in [3.05, 3.63) is 18.3 Å². The number of nitrogens with one attached hydrogen (secondary N) is 1. The molecule has 0 saturated carbocycles. The monoisotopic (exact) mass is 399 g/mol. The molecule has 152 valence electrons. The first-order valence-corrected chi connectivity index (χ1v) is 10.9. The van der Waals surface area contributed by atoms with Crippen molar-refractivity contribution in [2.45, 2.75) is 32.6 Å². The van der Waals surface area contributed by atoms with Crippen molar-refractivity contribution in [2.24, 2.45) is 5.92 Å². The summed E-state index contributed by atoms with van der Waals surface area (Å²) in [5.74, 6) is 0.358. The van der Waals surface area contributed by atoms with Gasteiger partial charge < -0.3 is 14.8 Å². The molecule has 1 aromatic rings. The van der Waals surface area contributed by atoms with E-state index in [4.69, 9.17) is 9.47 Å². The Kier molecular flexibility index (Phi) is 8.46. The molecular formula is C18H29N3O5S. The number of hydrogen-bond acceptors (Lipinski definition) is 6. The van der Waals surface area contributed by atoms with E-state index in [2.05, 4.69) is 10.3 Å². The maximum absolute atomic E-state index is 12.4. The highest BCUT2D eigenvalue weighted by Gasteiger charge is 2.30. The van der Waals surface area contributed by atoms with Gasteiger partial charge in [-0.1, -0.05) is 13.3 Å².